The summed E-state index contributed by atoms with van der Waals surface area (Å²) < 4.78 is 2.26. The van der Waals surface area contributed by atoms with Gasteiger partial charge in [-0.25, -0.2) is 4.98 Å². The van der Waals surface area contributed by atoms with Crippen LogP contribution < -0.4 is 5.73 Å². The van der Waals surface area contributed by atoms with Crippen LogP contribution >= 0.6 is 0 Å². The van der Waals surface area contributed by atoms with Gasteiger partial charge in [0, 0.05) is 24.8 Å². The van der Waals surface area contributed by atoms with Crippen LogP contribution in [0.1, 0.15) is 75.9 Å². The first-order valence-corrected chi connectivity index (χ1v) is 11.8. The first-order chi connectivity index (χ1) is 14.5. The molecule has 0 unspecified atom stereocenters. The average Bonchev–Trinajstić information content (AvgIpc) is 3.22. The number of benzene rings is 1. The number of hydrogen-bond acceptors (Lipinski definition) is 3. The van der Waals surface area contributed by atoms with Gasteiger partial charge in [-0.3, -0.25) is 4.79 Å². The SMILES string of the molecule is CCC[C@H]1c2nc(-c3ccc4c(c3)CCCC4)cn2CCN1C(=O)[C@@H](N)[C@@H](C)CC. The van der Waals surface area contributed by atoms with Gasteiger partial charge < -0.3 is 15.2 Å². The zero-order valence-electron chi connectivity index (χ0n) is 18.7. The molecular formula is C25H36N4O. The predicted octanol–water partition coefficient (Wildman–Crippen LogP) is 4.49. The summed E-state index contributed by atoms with van der Waals surface area (Å²) in [6.07, 6.45) is 9.96. The minimum Gasteiger partial charge on any atom is -0.331 e. The number of amides is 1. The van der Waals surface area contributed by atoms with Gasteiger partial charge in [0.05, 0.1) is 17.8 Å². The highest BCUT2D eigenvalue weighted by Crippen LogP contribution is 2.33. The molecule has 2 heterocycles. The number of fused-ring (bicyclic) bond motifs is 2. The third-order valence-corrected chi connectivity index (χ3v) is 7.10. The van der Waals surface area contributed by atoms with Crippen LogP contribution in [0.2, 0.25) is 0 Å². The molecule has 0 bridgehead atoms. The van der Waals surface area contributed by atoms with Crippen molar-refractivity contribution in [2.24, 2.45) is 11.7 Å². The number of nitrogens with zero attached hydrogens (tertiary/aromatic N) is 3. The van der Waals surface area contributed by atoms with E-state index < -0.39 is 6.04 Å². The van der Waals surface area contributed by atoms with E-state index in [-0.39, 0.29) is 17.9 Å². The number of aryl methyl sites for hydroxylation is 2. The van der Waals surface area contributed by atoms with Crippen LogP contribution in [-0.2, 0) is 24.2 Å². The van der Waals surface area contributed by atoms with Crippen LogP contribution in [0.25, 0.3) is 11.3 Å². The molecule has 0 radical (unpaired) electrons. The van der Waals surface area contributed by atoms with Crippen molar-refractivity contribution in [2.45, 2.75) is 84.3 Å². The number of rotatable bonds is 6. The number of hydrogen-bond donors (Lipinski definition) is 1. The van der Waals surface area contributed by atoms with Crippen LogP contribution in [-0.4, -0.2) is 32.9 Å². The standard InChI is InChI=1S/C25H36N4O/c1-4-8-22-24-27-21(20-12-11-18-9-6-7-10-19(18)15-20)16-28(24)13-14-29(22)25(30)23(26)17(3)5-2/h11-12,15-17,22-23H,4-10,13-14,26H2,1-3H3/t17-,22-,23-/m0/s1. The molecule has 1 aromatic carbocycles. The fourth-order valence-electron chi connectivity index (χ4n) is 4.93. The molecule has 0 saturated carbocycles. The Morgan fingerprint density at radius 2 is 1.97 bits per heavy atom. The Kier molecular flexibility index (Phi) is 6.28. The molecule has 5 heteroatoms. The van der Waals surface area contributed by atoms with E-state index in [1.54, 1.807) is 0 Å². The first-order valence-electron chi connectivity index (χ1n) is 11.8. The lowest BCUT2D eigenvalue weighted by Crippen LogP contribution is -2.51. The molecule has 0 spiro atoms. The molecule has 2 N–H and O–H groups in total. The molecule has 30 heavy (non-hydrogen) atoms. The van der Waals surface area contributed by atoms with Gasteiger partial charge in [-0.05, 0) is 55.2 Å². The number of carbonyl (C=O) groups is 1. The van der Waals surface area contributed by atoms with E-state index in [1.807, 2.05) is 4.90 Å². The van der Waals surface area contributed by atoms with E-state index in [0.29, 0.717) is 6.54 Å². The zero-order chi connectivity index (χ0) is 21.3. The fraction of sp³-hybridized carbons (Fsp3) is 0.600. The maximum Gasteiger partial charge on any atom is 0.240 e. The van der Waals surface area contributed by atoms with Crippen molar-refractivity contribution < 1.29 is 4.79 Å². The van der Waals surface area contributed by atoms with E-state index >= 15 is 0 Å². The normalized spacial score (nSPS) is 20.4. The summed E-state index contributed by atoms with van der Waals surface area (Å²) in [5, 5.41) is 0. The smallest absolute Gasteiger partial charge is 0.240 e. The van der Waals surface area contributed by atoms with Gasteiger partial charge in [0.2, 0.25) is 5.91 Å². The number of carbonyl (C=O) groups excluding carboxylic acids is 1. The van der Waals surface area contributed by atoms with Crippen LogP contribution in [0.15, 0.2) is 24.4 Å². The Hall–Kier alpha value is -2.14. The molecule has 0 fully saturated rings. The van der Waals surface area contributed by atoms with Crippen molar-refractivity contribution >= 4 is 5.91 Å². The summed E-state index contributed by atoms with van der Waals surface area (Å²) in [5.74, 6) is 1.28. The summed E-state index contributed by atoms with van der Waals surface area (Å²) in [6.45, 7) is 7.82. The molecule has 1 aliphatic heterocycles. The molecule has 2 aromatic rings. The Balaban J connectivity index is 1.63. The fourth-order valence-corrected chi connectivity index (χ4v) is 4.93. The lowest BCUT2D eigenvalue weighted by molar-refractivity contribution is -0.137. The second-order valence-electron chi connectivity index (χ2n) is 9.12. The zero-order valence-corrected chi connectivity index (χ0v) is 18.7. The molecular weight excluding hydrogens is 372 g/mol. The van der Waals surface area contributed by atoms with Gasteiger partial charge in [0.15, 0.2) is 0 Å². The van der Waals surface area contributed by atoms with E-state index in [4.69, 9.17) is 10.7 Å². The van der Waals surface area contributed by atoms with E-state index in [9.17, 15) is 4.79 Å². The Morgan fingerprint density at radius 1 is 1.20 bits per heavy atom. The van der Waals surface area contributed by atoms with Crippen molar-refractivity contribution in [2.75, 3.05) is 6.54 Å². The van der Waals surface area contributed by atoms with Crippen molar-refractivity contribution in [3.63, 3.8) is 0 Å². The van der Waals surface area contributed by atoms with Crippen LogP contribution in [0.3, 0.4) is 0 Å². The molecule has 162 valence electrons. The first kappa shape index (κ1) is 21.1. The summed E-state index contributed by atoms with van der Waals surface area (Å²) >= 11 is 0. The lowest BCUT2D eigenvalue weighted by Gasteiger charge is -2.38. The lowest BCUT2D eigenvalue weighted by atomic mass is 9.90. The van der Waals surface area contributed by atoms with Crippen molar-refractivity contribution in [3.8, 4) is 11.3 Å². The minimum absolute atomic E-state index is 0.0118. The molecule has 2 aliphatic rings. The largest absolute Gasteiger partial charge is 0.331 e. The van der Waals surface area contributed by atoms with Gasteiger partial charge in [-0.1, -0.05) is 45.7 Å². The highest BCUT2D eigenvalue weighted by atomic mass is 16.2. The number of nitrogens with two attached hydrogens (primary N) is 1. The Bertz CT molecular complexity index is 903. The molecule has 1 aliphatic carbocycles. The van der Waals surface area contributed by atoms with E-state index in [1.165, 1.54) is 42.4 Å². The second kappa shape index (κ2) is 8.93. The molecule has 1 aromatic heterocycles. The van der Waals surface area contributed by atoms with Crippen molar-refractivity contribution in [3.05, 3.63) is 41.3 Å². The van der Waals surface area contributed by atoms with Gasteiger partial charge in [0.1, 0.15) is 5.82 Å². The van der Waals surface area contributed by atoms with Gasteiger partial charge in [-0.2, -0.15) is 0 Å². The maximum absolute atomic E-state index is 13.2. The second-order valence-corrected chi connectivity index (χ2v) is 9.12. The predicted molar refractivity (Wildman–Crippen MR) is 121 cm³/mol. The van der Waals surface area contributed by atoms with Gasteiger partial charge in [0.25, 0.3) is 0 Å². The summed E-state index contributed by atoms with van der Waals surface area (Å²) in [4.78, 5) is 20.2. The number of aromatic nitrogens is 2. The molecule has 3 atom stereocenters. The molecule has 0 saturated heterocycles. The quantitative estimate of drug-likeness (QED) is 0.766. The van der Waals surface area contributed by atoms with Gasteiger partial charge >= 0.3 is 0 Å². The maximum atomic E-state index is 13.2. The molecule has 4 rings (SSSR count). The van der Waals surface area contributed by atoms with Crippen LogP contribution in [0.4, 0.5) is 0 Å². The Morgan fingerprint density at radius 3 is 2.70 bits per heavy atom. The van der Waals surface area contributed by atoms with Crippen LogP contribution in [0, 0.1) is 5.92 Å². The summed E-state index contributed by atoms with van der Waals surface area (Å²) in [5.41, 5.74) is 11.5. The minimum atomic E-state index is -0.434. The topological polar surface area (TPSA) is 64.2 Å². The van der Waals surface area contributed by atoms with Gasteiger partial charge in [-0.15, -0.1) is 0 Å². The average molecular weight is 409 g/mol. The van der Waals surface area contributed by atoms with E-state index in [0.717, 1.165) is 37.3 Å². The Labute approximate surface area is 180 Å². The third-order valence-electron chi connectivity index (χ3n) is 7.10. The molecule has 1 amide bonds. The van der Waals surface area contributed by atoms with Crippen molar-refractivity contribution in [1.29, 1.82) is 0 Å². The molecule has 5 nitrogen and oxygen atoms in total. The van der Waals surface area contributed by atoms with Crippen LogP contribution in [0.5, 0.6) is 0 Å². The van der Waals surface area contributed by atoms with Crippen molar-refractivity contribution in [1.82, 2.24) is 14.5 Å². The number of imidazole rings is 1. The monoisotopic (exact) mass is 408 g/mol. The van der Waals surface area contributed by atoms with E-state index in [2.05, 4.69) is 49.7 Å². The highest BCUT2D eigenvalue weighted by molar-refractivity contribution is 5.82. The summed E-state index contributed by atoms with van der Waals surface area (Å²) in [7, 11) is 0. The third kappa shape index (κ3) is 3.92. The summed E-state index contributed by atoms with van der Waals surface area (Å²) in [6, 6.07) is 6.41. The highest BCUT2D eigenvalue weighted by Gasteiger charge is 2.35.